The van der Waals surface area contributed by atoms with Crippen LogP contribution >= 0.6 is 0 Å². The molecule has 0 saturated heterocycles. The van der Waals surface area contributed by atoms with E-state index in [1.807, 2.05) is 0 Å². The molecule has 3 nitrogen and oxygen atoms in total. The fourth-order valence-electron chi connectivity index (χ4n) is 0.623. The third-order valence-corrected chi connectivity index (χ3v) is 1.04. The standard InChI is InChI=1S/C7H7NO2/c1-2-3-7-4-6(5-9)8-10-7/h2,4-5H,1,3H2. The van der Waals surface area contributed by atoms with E-state index in [0.717, 1.165) is 0 Å². The van der Waals surface area contributed by atoms with Gasteiger partial charge in [0.15, 0.2) is 6.29 Å². The molecule has 0 amide bonds. The van der Waals surface area contributed by atoms with Gasteiger partial charge in [0.1, 0.15) is 11.5 Å². The third-order valence-electron chi connectivity index (χ3n) is 1.04. The van der Waals surface area contributed by atoms with Crippen molar-refractivity contribution in [3.63, 3.8) is 0 Å². The fourth-order valence-corrected chi connectivity index (χ4v) is 0.623. The van der Waals surface area contributed by atoms with Gasteiger partial charge in [-0.3, -0.25) is 4.79 Å². The summed E-state index contributed by atoms with van der Waals surface area (Å²) in [7, 11) is 0. The monoisotopic (exact) mass is 137 g/mol. The number of hydrogen-bond acceptors (Lipinski definition) is 3. The largest absolute Gasteiger partial charge is 0.360 e. The molecule has 0 radical (unpaired) electrons. The number of rotatable bonds is 3. The van der Waals surface area contributed by atoms with Crippen LogP contribution < -0.4 is 0 Å². The predicted molar refractivity (Wildman–Crippen MR) is 35.8 cm³/mol. The molecule has 1 rings (SSSR count). The molecule has 0 atom stereocenters. The van der Waals surface area contributed by atoms with Crippen LogP contribution in [-0.4, -0.2) is 11.4 Å². The predicted octanol–water partition coefficient (Wildman–Crippen LogP) is 1.22. The van der Waals surface area contributed by atoms with Crippen LogP contribution in [0.2, 0.25) is 0 Å². The maximum atomic E-state index is 10.1. The second-order valence-corrected chi connectivity index (χ2v) is 1.83. The summed E-state index contributed by atoms with van der Waals surface area (Å²) in [5, 5.41) is 3.46. The van der Waals surface area contributed by atoms with Crippen molar-refractivity contribution in [2.24, 2.45) is 0 Å². The smallest absolute Gasteiger partial charge is 0.171 e. The van der Waals surface area contributed by atoms with E-state index in [9.17, 15) is 4.79 Å². The lowest BCUT2D eigenvalue weighted by Gasteiger charge is -1.79. The molecule has 1 aromatic rings. The van der Waals surface area contributed by atoms with Crippen molar-refractivity contribution in [1.29, 1.82) is 0 Å². The Labute approximate surface area is 58.3 Å². The van der Waals surface area contributed by atoms with Crippen molar-refractivity contribution in [3.8, 4) is 0 Å². The lowest BCUT2D eigenvalue weighted by atomic mass is 10.3. The molecule has 0 aliphatic carbocycles. The molecule has 0 aliphatic rings. The van der Waals surface area contributed by atoms with E-state index in [1.54, 1.807) is 12.1 Å². The van der Waals surface area contributed by atoms with E-state index in [0.29, 0.717) is 24.2 Å². The minimum absolute atomic E-state index is 0.330. The first-order valence-corrected chi connectivity index (χ1v) is 2.88. The molecular weight excluding hydrogens is 130 g/mol. The number of aldehydes is 1. The van der Waals surface area contributed by atoms with Crippen molar-refractivity contribution in [2.45, 2.75) is 6.42 Å². The fraction of sp³-hybridized carbons (Fsp3) is 0.143. The molecule has 0 aliphatic heterocycles. The summed E-state index contributed by atoms with van der Waals surface area (Å²) in [5.74, 6) is 0.664. The van der Waals surface area contributed by atoms with E-state index < -0.39 is 0 Å². The summed E-state index contributed by atoms with van der Waals surface area (Å²) >= 11 is 0. The first kappa shape index (κ1) is 6.74. The number of nitrogens with zero attached hydrogens (tertiary/aromatic N) is 1. The molecule has 0 unspecified atom stereocenters. The van der Waals surface area contributed by atoms with Crippen molar-refractivity contribution < 1.29 is 9.32 Å². The highest BCUT2D eigenvalue weighted by atomic mass is 16.5. The van der Waals surface area contributed by atoms with Crippen LogP contribution in [0.25, 0.3) is 0 Å². The van der Waals surface area contributed by atoms with Gasteiger partial charge >= 0.3 is 0 Å². The number of carbonyl (C=O) groups excluding carboxylic acids is 1. The lowest BCUT2D eigenvalue weighted by Crippen LogP contribution is -1.74. The maximum Gasteiger partial charge on any atom is 0.171 e. The summed E-state index contributed by atoms with van der Waals surface area (Å²) in [4.78, 5) is 10.1. The van der Waals surface area contributed by atoms with Crippen LogP contribution in [0.5, 0.6) is 0 Å². The van der Waals surface area contributed by atoms with Gasteiger partial charge in [0, 0.05) is 12.5 Å². The van der Waals surface area contributed by atoms with Crippen LogP contribution in [-0.2, 0) is 6.42 Å². The molecule has 1 heterocycles. The minimum atomic E-state index is 0.330. The molecule has 1 aromatic heterocycles. The molecule has 0 bridgehead atoms. The summed E-state index contributed by atoms with van der Waals surface area (Å²) < 4.78 is 4.74. The number of allylic oxidation sites excluding steroid dienone is 1. The Bertz CT molecular complexity index is 240. The van der Waals surface area contributed by atoms with E-state index >= 15 is 0 Å². The lowest BCUT2D eigenvalue weighted by molar-refractivity contribution is 0.111. The van der Waals surface area contributed by atoms with E-state index in [-0.39, 0.29) is 0 Å². The molecule has 0 aromatic carbocycles. The van der Waals surface area contributed by atoms with Gasteiger partial charge in [-0.1, -0.05) is 11.2 Å². The van der Waals surface area contributed by atoms with Crippen LogP contribution in [0.1, 0.15) is 16.2 Å². The first-order valence-electron chi connectivity index (χ1n) is 2.88. The van der Waals surface area contributed by atoms with Gasteiger partial charge in [-0.15, -0.1) is 6.58 Å². The number of carbonyl (C=O) groups is 1. The van der Waals surface area contributed by atoms with Gasteiger partial charge in [-0.25, -0.2) is 0 Å². The van der Waals surface area contributed by atoms with Gasteiger partial charge in [0.2, 0.25) is 0 Å². The van der Waals surface area contributed by atoms with Crippen LogP contribution in [0, 0.1) is 0 Å². The van der Waals surface area contributed by atoms with E-state index in [4.69, 9.17) is 4.52 Å². The zero-order valence-electron chi connectivity index (χ0n) is 5.41. The van der Waals surface area contributed by atoms with Gasteiger partial charge in [-0.2, -0.15) is 0 Å². The summed E-state index contributed by atoms with van der Waals surface area (Å²) in [6, 6.07) is 1.59. The van der Waals surface area contributed by atoms with Crippen molar-refractivity contribution in [3.05, 3.63) is 30.2 Å². The van der Waals surface area contributed by atoms with Crippen molar-refractivity contribution in [1.82, 2.24) is 5.16 Å². The zero-order chi connectivity index (χ0) is 7.40. The van der Waals surface area contributed by atoms with Gasteiger partial charge < -0.3 is 4.52 Å². The summed E-state index contributed by atoms with van der Waals surface area (Å²) in [6.07, 6.45) is 2.95. The maximum absolute atomic E-state index is 10.1. The van der Waals surface area contributed by atoms with Gasteiger partial charge in [0.25, 0.3) is 0 Å². The molecule has 0 saturated carbocycles. The second-order valence-electron chi connectivity index (χ2n) is 1.83. The Morgan fingerprint density at radius 3 is 3.10 bits per heavy atom. The van der Waals surface area contributed by atoms with Gasteiger partial charge in [0.05, 0.1) is 0 Å². The second kappa shape index (κ2) is 2.96. The number of aromatic nitrogens is 1. The zero-order valence-corrected chi connectivity index (χ0v) is 5.41. The van der Waals surface area contributed by atoms with Crippen LogP contribution in [0.4, 0.5) is 0 Å². The molecule has 10 heavy (non-hydrogen) atoms. The number of hydrogen-bond donors (Lipinski definition) is 0. The highest BCUT2D eigenvalue weighted by Gasteiger charge is 1.98. The Balaban J connectivity index is 2.77. The van der Waals surface area contributed by atoms with E-state index in [2.05, 4.69) is 11.7 Å². The Kier molecular flexibility index (Phi) is 1.99. The normalized spacial score (nSPS) is 9.20. The molecule has 0 spiro atoms. The Morgan fingerprint density at radius 1 is 1.80 bits per heavy atom. The molecule has 3 heteroatoms. The summed E-state index contributed by atoms with van der Waals surface area (Å²) in [5.41, 5.74) is 0.330. The van der Waals surface area contributed by atoms with Crippen molar-refractivity contribution in [2.75, 3.05) is 0 Å². The van der Waals surface area contributed by atoms with Crippen LogP contribution in [0.15, 0.2) is 23.2 Å². The van der Waals surface area contributed by atoms with Gasteiger partial charge in [-0.05, 0) is 0 Å². The Hall–Kier alpha value is -1.38. The molecule has 0 fully saturated rings. The Morgan fingerprint density at radius 2 is 2.60 bits per heavy atom. The molecule has 52 valence electrons. The topological polar surface area (TPSA) is 43.1 Å². The highest BCUT2D eigenvalue weighted by Crippen LogP contribution is 2.01. The quantitative estimate of drug-likeness (QED) is 0.464. The molecule has 0 N–H and O–H groups in total. The highest BCUT2D eigenvalue weighted by molar-refractivity contribution is 5.71. The van der Waals surface area contributed by atoms with Crippen molar-refractivity contribution >= 4 is 6.29 Å². The minimum Gasteiger partial charge on any atom is -0.360 e. The summed E-state index contributed by atoms with van der Waals surface area (Å²) in [6.45, 7) is 3.51. The van der Waals surface area contributed by atoms with Crippen LogP contribution in [0.3, 0.4) is 0 Å². The SMILES string of the molecule is C=CCc1cc(C=O)no1. The third kappa shape index (κ3) is 1.31. The first-order chi connectivity index (χ1) is 4.86. The average molecular weight is 137 g/mol. The van der Waals surface area contributed by atoms with E-state index in [1.165, 1.54) is 0 Å². The average Bonchev–Trinajstić information content (AvgIpc) is 2.37. The molecular formula is C7H7NO2.